The summed E-state index contributed by atoms with van der Waals surface area (Å²) >= 11 is 1.26. The SMILES string of the molecule is C[C@H](Sc1nnnn1-c1cccc(F)c1)C(=O)N1c2ccccc2C[C@H]1C. The molecule has 27 heavy (non-hydrogen) atoms. The largest absolute Gasteiger partial charge is 0.308 e. The van der Waals surface area contributed by atoms with E-state index in [9.17, 15) is 9.18 Å². The van der Waals surface area contributed by atoms with E-state index in [-0.39, 0.29) is 17.8 Å². The number of hydrogen-bond acceptors (Lipinski definition) is 5. The molecular formula is C19H18FN5OS. The van der Waals surface area contributed by atoms with Crippen LogP contribution < -0.4 is 4.90 Å². The number of aromatic nitrogens is 4. The highest BCUT2D eigenvalue weighted by molar-refractivity contribution is 8.00. The molecule has 2 atom stereocenters. The molecule has 2 heterocycles. The van der Waals surface area contributed by atoms with Gasteiger partial charge in [-0.2, -0.15) is 4.68 Å². The minimum absolute atomic E-state index is 0.00578. The number of tetrazole rings is 1. The zero-order valence-electron chi connectivity index (χ0n) is 14.9. The molecule has 0 N–H and O–H groups in total. The molecule has 2 aromatic carbocycles. The van der Waals surface area contributed by atoms with Crippen LogP contribution in [0.1, 0.15) is 19.4 Å². The summed E-state index contributed by atoms with van der Waals surface area (Å²) in [6.07, 6.45) is 0.848. The fourth-order valence-electron chi connectivity index (χ4n) is 3.33. The first-order chi connectivity index (χ1) is 13.0. The van der Waals surface area contributed by atoms with Gasteiger partial charge < -0.3 is 4.90 Å². The first kappa shape index (κ1) is 17.7. The lowest BCUT2D eigenvalue weighted by atomic mass is 10.1. The Balaban J connectivity index is 1.56. The normalized spacial score (nSPS) is 17.0. The van der Waals surface area contributed by atoms with Crippen molar-refractivity contribution < 1.29 is 9.18 Å². The quantitative estimate of drug-likeness (QED) is 0.647. The Kier molecular flexibility index (Phi) is 4.65. The molecule has 8 heteroatoms. The zero-order valence-corrected chi connectivity index (χ0v) is 15.7. The molecule has 0 fully saturated rings. The van der Waals surface area contributed by atoms with Crippen molar-refractivity contribution in [3.63, 3.8) is 0 Å². The maximum atomic E-state index is 13.5. The van der Waals surface area contributed by atoms with Gasteiger partial charge in [0.25, 0.3) is 0 Å². The summed E-state index contributed by atoms with van der Waals surface area (Å²) < 4.78 is 15.0. The van der Waals surface area contributed by atoms with E-state index in [1.165, 1.54) is 34.1 Å². The average Bonchev–Trinajstić information content (AvgIpc) is 3.24. The Morgan fingerprint density at radius 1 is 1.26 bits per heavy atom. The summed E-state index contributed by atoms with van der Waals surface area (Å²) in [7, 11) is 0. The first-order valence-corrected chi connectivity index (χ1v) is 9.54. The summed E-state index contributed by atoms with van der Waals surface area (Å²) in [5, 5.41) is 11.7. The molecule has 0 saturated heterocycles. The van der Waals surface area contributed by atoms with Crippen molar-refractivity contribution in [1.82, 2.24) is 20.2 Å². The summed E-state index contributed by atoms with van der Waals surface area (Å²) in [6, 6.07) is 14.1. The molecule has 1 aromatic heterocycles. The number of thioether (sulfide) groups is 1. The predicted molar refractivity (Wildman–Crippen MR) is 102 cm³/mol. The highest BCUT2D eigenvalue weighted by atomic mass is 32.2. The second kappa shape index (κ2) is 7.11. The molecule has 1 aliphatic heterocycles. The molecule has 3 aromatic rings. The van der Waals surface area contributed by atoms with E-state index in [2.05, 4.69) is 21.6 Å². The number of hydrogen-bond donors (Lipinski definition) is 0. The van der Waals surface area contributed by atoms with E-state index in [0.29, 0.717) is 10.8 Å². The lowest BCUT2D eigenvalue weighted by Crippen LogP contribution is -2.40. The number of rotatable bonds is 4. The number of carbonyl (C=O) groups is 1. The van der Waals surface area contributed by atoms with Crippen molar-refractivity contribution in [2.45, 2.75) is 36.7 Å². The third-order valence-corrected chi connectivity index (χ3v) is 5.59. The molecular weight excluding hydrogens is 365 g/mol. The van der Waals surface area contributed by atoms with Crippen molar-refractivity contribution in [2.24, 2.45) is 0 Å². The van der Waals surface area contributed by atoms with Gasteiger partial charge in [0.2, 0.25) is 11.1 Å². The van der Waals surface area contributed by atoms with Crippen molar-refractivity contribution >= 4 is 23.4 Å². The minimum Gasteiger partial charge on any atom is -0.308 e. The van der Waals surface area contributed by atoms with Crippen LogP contribution in [0.5, 0.6) is 0 Å². The van der Waals surface area contributed by atoms with Crippen LogP contribution in [0.4, 0.5) is 10.1 Å². The molecule has 1 aliphatic rings. The summed E-state index contributed by atoms with van der Waals surface area (Å²) in [6.45, 7) is 3.89. The number of nitrogens with zero attached hydrogens (tertiary/aromatic N) is 5. The first-order valence-electron chi connectivity index (χ1n) is 8.66. The molecule has 0 spiro atoms. The number of benzene rings is 2. The summed E-state index contributed by atoms with van der Waals surface area (Å²) in [5.41, 5.74) is 2.66. The minimum atomic E-state index is -0.392. The lowest BCUT2D eigenvalue weighted by molar-refractivity contribution is -0.118. The monoisotopic (exact) mass is 383 g/mol. The summed E-state index contributed by atoms with van der Waals surface area (Å²) in [5.74, 6) is -0.364. The van der Waals surface area contributed by atoms with Gasteiger partial charge in [0.05, 0.1) is 10.9 Å². The molecule has 4 rings (SSSR count). The van der Waals surface area contributed by atoms with E-state index in [1.54, 1.807) is 12.1 Å². The number of halogens is 1. The maximum Gasteiger partial charge on any atom is 0.240 e. The van der Waals surface area contributed by atoms with Gasteiger partial charge in [0.1, 0.15) is 5.82 Å². The Bertz CT molecular complexity index is 991. The van der Waals surface area contributed by atoms with Crippen LogP contribution in [0.3, 0.4) is 0 Å². The topological polar surface area (TPSA) is 63.9 Å². The van der Waals surface area contributed by atoms with Gasteiger partial charge in [0.15, 0.2) is 0 Å². The predicted octanol–water partition coefficient (Wildman–Crippen LogP) is 3.26. The van der Waals surface area contributed by atoms with E-state index in [1.807, 2.05) is 36.9 Å². The van der Waals surface area contributed by atoms with Crippen molar-refractivity contribution in [3.8, 4) is 5.69 Å². The number of carbonyl (C=O) groups excluding carboxylic acids is 1. The second-order valence-corrected chi connectivity index (χ2v) is 7.81. The molecule has 0 radical (unpaired) electrons. The fourth-order valence-corrected chi connectivity index (χ4v) is 4.18. The average molecular weight is 383 g/mol. The second-order valence-electron chi connectivity index (χ2n) is 6.50. The van der Waals surface area contributed by atoms with Gasteiger partial charge in [-0.1, -0.05) is 36.0 Å². The maximum absolute atomic E-state index is 13.5. The van der Waals surface area contributed by atoms with Crippen molar-refractivity contribution in [3.05, 3.63) is 59.9 Å². The van der Waals surface area contributed by atoms with E-state index < -0.39 is 5.25 Å². The van der Waals surface area contributed by atoms with Crippen molar-refractivity contribution in [1.29, 1.82) is 0 Å². The fraction of sp³-hybridized carbons (Fsp3) is 0.263. The van der Waals surface area contributed by atoms with Crippen LogP contribution in [0.15, 0.2) is 53.7 Å². The Labute approximate surface area is 160 Å². The number of anilines is 1. The third kappa shape index (κ3) is 3.32. The highest BCUT2D eigenvalue weighted by Crippen LogP contribution is 2.34. The Hall–Kier alpha value is -2.74. The van der Waals surface area contributed by atoms with Gasteiger partial charge in [-0.25, -0.2) is 4.39 Å². The van der Waals surface area contributed by atoms with Gasteiger partial charge in [-0.05, 0) is 60.5 Å². The van der Waals surface area contributed by atoms with E-state index in [0.717, 1.165) is 12.1 Å². The smallest absolute Gasteiger partial charge is 0.240 e. The zero-order chi connectivity index (χ0) is 19.0. The van der Waals surface area contributed by atoms with Crippen LogP contribution >= 0.6 is 11.8 Å². The van der Waals surface area contributed by atoms with E-state index >= 15 is 0 Å². The van der Waals surface area contributed by atoms with Crippen molar-refractivity contribution in [2.75, 3.05) is 4.90 Å². The number of para-hydroxylation sites is 1. The third-order valence-electron chi connectivity index (χ3n) is 4.57. The molecule has 1 amide bonds. The van der Waals surface area contributed by atoms with Gasteiger partial charge in [-0.3, -0.25) is 4.79 Å². The Morgan fingerprint density at radius 3 is 2.89 bits per heavy atom. The standard InChI is InChI=1S/C19H18FN5OS/c1-12-10-14-6-3-4-9-17(14)24(12)18(26)13(2)27-19-21-22-23-25(19)16-8-5-7-15(20)11-16/h3-9,11-13H,10H2,1-2H3/t12-,13+/m1/s1. The molecule has 0 bridgehead atoms. The molecule has 0 unspecified atom stereocenters. The van der Waals surface area contributed by atoms with Crippen LogP contribution in [0, 0.1) is 5.82 Å². The van der Waals surface area contributed by atoms with Gasteiger partial charge in [-0.15, -0.1) is 5.10 Å². The molecule has 138 valence electrons. The summed E-state index contributed by atoms with van der Waals surface area (Å²) in [4.78, 5) is 15.0. The molecule has 0 aliphatic carbocycles. The lowest BCUT2D eigenvalue weighted by Gasteiger charge is -2.25. The number of amides is 1. The van der Waals surface area contributed by atoms with E-state index in [4.69, 9.17) is 0 Å². The van der Waals surface area contributed by atoms with Crippen LogP contribution in [-0.4, -0.2) is 37.4 Å². The van der Waals surface area contributed by atoms with Gasteiger partial charge >= 0.3 is 0 Å². The van der Waals surface area contributed by atoms with Crippen LogP contribution in [-0.2, 0) is 11.2 Å². The van der Waals surface area contributed by atoms with Crippen LogP contribution in [0.2, 0.25) is 0 Å². The molecule has 0 saturated carbocycles. The number of fused-ring (bicyclic) bond motifs is 1. The van der Waals surface area contributed by atoms with Gasteiger partial charge in [0, 0.05) is 11.7 Å². The Morgan fingerprint density at radius 2 is 2.07 bits per heavy atom. The highest BCUT2D eigenvalue weighted by Gasteiger charge is 2.34. The van der Waals surface area contributed by atoms with Crippen LogP contribution in [0.25, 0.3) is 5.69 Å². The molecule has 6 nitrogen and oxygen atoms in total.